The zero-order valence-electron chi connectivity index (χ0n) is 22.3. The molecule has 0 spiro atoms. The standard InChI is InChI=1S/C34H30N4O2/c1-40-30-12-2-23(3-13-30)20-33-31-16-19-36-22-26(31)5-4-24-6-11-29(21-32(24)33)38-34(39)25-7-9-27(10-8-25)37-28-14-17-35-18-15-28/h2-3,6-19,21-22,33H,4-5,20H2,1H3,(H,35,37)(H,38,39). The van der Waals surface area contributed by atoms with Gasteiger partial charge in [-0.25, -0.2) is 0 Å². The number of hydrogen-bond acceptors (Lipinski definition) is 5. The number of carbonyl (C=O) groups excluding carboxylic acids is 1. The molecule has 1 atom stereocenters. The second kappa shape index (κ2) is 11.4. The predicted octanol–water partition coefficient (Wildman–Crippen LogP) is 6.95. The van der Waals surface area contributed by atoms with Gasteiger partial charge < -0.3 is 15.4 Å². The first kappa shape index (κ1) is 25.3. The summed E-state index contributed by atoms with van der Waals surface area (Å²) in [4.78, 5) is 21.6. The lowest BCUT2D eigenvalue weighted by atomic mass is 9.84. The average Bonchev–Trinajstić information content (AvgIpc) is 3.15. The minimum absolute atomic E-state index is 0.139. The Morgan fingerprint density at radius 1 is 0.775 bits per heavy atom. The van der Waals surface area contributed by atoms with E-state index in [2.05, 4.69) is 50.9 Å². The van der Waals surface area contributed by atoms with E-state index in [4.69, 9.17) is 4.74 Å². The number of pyridine rings is 2. The largest absolute Gasteiger partial charge is 0.497 e. The molecule has 5 aromatic rings. The Bertz CT molecular complexity index is 1620. The van der Waals surface area contributed by atoms with E-state index in [9.17, 15) is 4.79 Å². The number of anilines is 3. The molecule has 0 bridgehead atoms. The molecule has 198 valence electrons. The van der Waals surface area contributed by atoms with Crippen molar-refractivity contribution in [1.29, 1.82) is 0 Å². The van der Waals surface area contributed by atoms with Crippen LogP contribution in [-0.2, 0) is 19.3 Å². The summed E-state index contributed by atoms with van der Waals surface area (Å²) in [5.41, 5.74) is 9.60. The van der Waals surface area contributed by atoms with Crippen molar-refractivity contribution in [3.63, 3.8) is 0 Å². The normalized spacial score (nSPS) is 13.9. The van der Waals surface area contributed by atoms with Crippen LogP contribution in [0.2, 0.25) is 0 Å². The number of aromatic nitrogens is 2. The zero-order chi connectivity index (χ0) is 27.3. The highest BCUT2D eigenvalue weighted by molar-refractivity contribution is 6.04. The summed E-state index contributed by atoms with van der Waals surface area (Å²) in [7, 11) is 1.68. The predicted molar refractivity (Wildman–Crippen MR) is 159 cm³/mol. The van der Waals surface area contributed by atoms with Gasteiger partial charge in [-0.3, -0.25) is 14.8 Å². The molecular formula is C34H30N4O2. The number of aryl methyl sites for hydroxylation is 2. The highest BCUT2D eigenvalue weighted by atomic mass is 16.5. The third kappa shape index (κ3) is 5.57. The summed E-state index contributed by atoms with van der Waals surface area (Å²) in [6.45, 7) is 0. The van der Waals surface area contributed by atoms with Gasteiger partial charge in [-0.1, -0.05) is 18.2 Å². The molecule has 0 fully saturated rings. The molecule has 1 unspecified atom stereocenters. The number of rotatable bonds is 7. The van der Waals surface area contributed by atoms with Crippen molar-refractivity contribution in [3.8, 4) is 5.75 Å². The number of methoxy groups -OCH3 is 1. The van der Waals surface area contributed by atoms with Crippen LogP contribution >= 0.6 is 0 Å². The van der Waals surface area contributed by atoms with Crippen molar-refractivity contribution >= 4 is 23.0 Å². The van der Waals surface area contributed by atoms with Gasteiger partial charge in [-0.2, -0.15) is 0 Å². The molecule has 0 radical (unpaired) electrons. The minimum atomic E-state index is -0.139. The second-order valence-electron chi connectivity index (χ2n) is 9.99. The average molecular weight is 527 g/mol. The molecule has 6 heteroatoms. The number of amides is 1. The molecule has 6 rings (SSSR count). The number of carbonyl (C=O) groups is 1. The van der Waals surface area contributed by atoms with Crippen LogP contribution in [0.15, 0.2) is 110 Å². The van der Waals surface area contributed by atoms with Crippen LogP contribution in [0.5, 0.6) is 5.75 Å². The van der Waals surface area contributed by atoms with Gasteiger partial charge in [0, 0.05) is 53.3 Å². The maximum atomic E-state index is 13.2. The van der Waals surface area contributed by atoms with E-state index in [0.29, 0.717) is 5.56 Å². The van der Waals surface area contributed by atoms with Gasteiger partial charge in [0.1, 0.15) is 5.75 Å². The Kier molecular flexibility index (Phi) is 7.22. The van der Waals surface area contributed by atoms with E-state index in [0.717, 1.165) is 42.1 Å². The Labute approximate surface area is 234 Å². The van der Waals surface area contributed by atoms with E-state index in [1.54, 1.807) is 19.5 Å². The summed E-state index contributed by atoms with van der Waals surface area (Å²) < 4.78 is 5.36. The molecule has 1 aliphatic carbocycles. The number of hydrogen-bond donors (Lipinski definition) is 2. The van der Waals surface area contributed by atoms with Crippen molar-refractivity contribution in [2.24, 2.45) is 0 Å². The highest BCUT2D eigenvalue weighted by Gasteiger charge is 2.25. The van der Waals surface area contributed by atoms with Gasteiger partial charge in [0.05, 0.1) is 7.11 Å². The Morgan fingerprint density at radius 2 is 1.48 bits per heavy atom. The summed E-state index contributed by atoms with van der Waals surface area (Å²) in [6, 6.07) is 28.0. The summed E-state index contributed by atoms with van der Waals surface area (Å²) >= 11 is 0. The first-order valence-corrected chi connectivity index (χ1v) is 13.4. The monoisotopic (exact) mass is 526 g/mol. The minimum Gasteiger partial charge on any atom is -0.497 e. The SMILES string of the molecule is COc1ccc(CC2c3ccncc3CCc3ccc(NC(=O)c4ccc(Nc5ccncc5)cc4)cc32)cc1. The number of nitrogens with one attached hydrogen (secondary N) is 2. The third-order valence-corrected chi connectivity index (χ3v) is 7.47. The molecule has 3 aromatic carbocycles. The molecule has 6 nitrogen and oxygen atoms in total. The lowest BCUT2D eigenvalue weighted by molar-refractivity contribution is 0.102. The van der Waals surface area contributed by atoms with Gasteiger partial charge in [0.15, 0.2) is 0 Å². The van der Waals surface area contributed by atoms with E-state index in [1.165, 1.54) is 27.8 Å². The van der Waals surface area contributed by atoms with Gasteiger partial charge in [0.2, 0.25) is 0 Å². The Hall–Kier alpha value is -4.97. The van der Waals surface area contributed by atoms with E-state index >= 15 is 0 Å². The smallest absolute Gasteiger partial charge is 0.255 e. The van der Waals surface area contributed by atoms with Gasteiger partial charge in [-0.15, -0.1) is 0 Å². The van der Waals surface area contributed by atoms with Gasteiger partial charge >= 0.3 is 0 Å². The summed E-state index contributed by atoms with van der Waals surface area (Å²) in [5, 5.41) is 6.44. The van der Waals surface area contributed by atoms with Crippen LogP contribution in [0.25, 0.3) is 0 Å². The fourth-order valence-corrected chi connectivity index (χ4v) is 5.38. The number of ether oxygens (including phenoxy) is 1. The topological polar surface area (TPSA) is 76.1 Å². The van der Waals surface area contributed by atoms with Crippen LogP contribution in [-0.4, -0.2) is 23.0 Å². The second-order valence-corrected chi connectivity index (χ2v) is 9.99. The zero-order valence-corrected chi connectivity index (χ0v) is 22.3. The van der Waals surface area contributed by atoms with Crippen molar-refractivity contribution in [3.05, 3.63) is 143 Å². The van der Waals surface area contributed by atoms with Crippen LogP contribution in [0.1, 0.15) is 44.1 Å². The molecule has 0 aliphatic heterocycles. The highest BCUT2D eigenvalue weighted by Crippen LogP contribution is 2.38. The van der Waals surface area contributed by atoms with Gasteiger partial charge in [0.25, 0.3) is 5.91 Å². The molecule has 0 saturated heterocycles. The van der Waals surface area contributed by atoms with Gasteiger partial charge in [-0.05, 0) is 114 Å². The first-order valence-electron chi connectivity index (χ1n) is 13.4. The fourth-order valence-electron chi connectivity index (χ4n) is 5.38. The van der Waals surface area contributed by atoms with Crippen molar-refractivity contribution in [2.75, 3.05) is 17.7 Å². The Balaban J connectivity index is 1.25. The number of nitrogens with zero attached hydrogens (tertiary/aromatic N) is 2. The van der Waals surface area contributed by atoms with Crippen LogP contribution in [0.3, 0.4) is 0 Å². The molecule has 1 aliphatic rings. The summed E-state index contributed by atoms with van der Waals surface area (Å²) in [6.07, 6.45) is 10.1. The Morgan fingerprint density at radius 3 is 2.25 bits per heavy atom. The van der Waals surface area contributed by atoms with Crippen molar-refractivity contribution in [2.45, 2.75) is 25.2 Å². The fraction of sp³-hybridized carbons (Fsp3) is 0.147. The molecule has 2 aromatic heterocycles. The first-order chi connectivity index (χ1) is 19.7. The molecule has 0 saturated carbocycles. The van der Waals surface area contributed by atoms with E-state index in [-0.39, 0.29) is 11.8 Å². The quantitative estimate of drug-likeness (QED) is 0.240. The summed E-state index contributed by atoms with van der Waals surface area (Å²) in [5.74, 6) is 0.862. The lowest BCUT2D eigenvalue weighted by Gasteiger charge is -2.21. The molecule has 40 heavy (non-hydrogen) atoms. The van der Waals surface area contributed by atoms with Crippen molar-refractivity contribution in [1.82, 2.24) is 9.97 Å². The maximum absolute atomic E-state index is 13.2. The van der Waals surface area contributed by atoms with Crippen LogP contribution < -0.4 is 15.4 Å². The van der Waals surface area contributed by atoms with Crippen LogP contribution in [0.4, 0.5) is 17.1 Å². The molecular weight excluding hydrogens is 496 g/mol. The number of benzene rings is 3. The molecule has 1 amide bonds. The maximum Gasteiger partial charge on any atom is 0.255 e. The molecule has 2 N–H and O–H groups in total. The van der Waals surface area contributed by atoms with Crippen molar-refractivity contribution < 1.29 is 9.53 Å². The lowest BCUT2D eigenvalue weighted by Crippen LogP contribution is -2.13. The molecule has 2 heterocycles. The van der Waals surface area contributed by atoms with E-state index < -0.39 is 0 Å². The third-order valence-electron chi connectivity index (χ3n) is 7.47. The van der Waals surface area contributed by atoms with Crippen LogP contribution in [0, 0.1) is 0 Å². The van der Waals surface area contributed by atoms with E-state index in [1.807, 2.05) is 67.0 Å². The number of fused-ring (bicyclic) bond motifs is 2.